The van der Waals surface area contributed by atoms with E-state index in [1.54, 1.807) is 0 Å². The summed E-state index contributed by atoms with van der Waals surface area (Å²) in [5, 5.41) is 0. The van der Waals surface area contributed by atoms with Crippen LogP contribution in [0.25, 0.3) is 0 Å². The van der Waals surface area contributed by atoms with Crippen LogP contribution >= 0.6 is 0 Å². The molecular weight excluding hydrogens is 280 g/mol. The first-order valence-corrected chi connectivity index (χ1v) is 8.16. The molecule has 0 bridgehead atoms. The summed E-state index contributed by atoms with van der Waals surface area (Å²) in [6.07, 6.45) is 5.39. The lowest BCUT2D eigenvalue weighted by Crippen LogP contribution is -2.15. The molecule has 0 aliphatic carbocycles. The Morgan fingerprint density at radius 1 is 1.14 bits per heavy atom. The normalized spacial score (nSPS) is 11.8. The second kappa shape index (κ2) is 10.9. The number of carbonyl (C=O) groups is 1. The van der Waals surface area contributed by atoms with Gasteiger partial charge in [0, 0.05) is 6.42 Å². The highest BCUT2D eigenvalue weighted by molar-refractivity contribution is 5.68. The molecule has 1 rings (SSSR count). The standard InChI is InChI=1S/C18H28O4/c1-4-10-15(5-2)22-17-12-7-6-11-16(17)21-14-9-8-13-18(19)20-3/h6-7,11-12,15H,4-5,8-10,13-14H2,1-3H3. The van der Waals surface area contributed by atoms with Crippen LogP contribution in [0, 0.1) is 0 Å². The molecular formula is C18H28O4. The van der Waals surface area contributed by atoms with E-state index in [2.05, 4.69) is 18.6 Å². The van der Waals surface area contributed by atoms with Crippen molar-refractivity contribution >= 4 is 5.97 Å². The summed E-state index contributed by atoms with van der Waals surface area (Å²) in [7, 11) is 1.41. The molecule has 0 radical (unpaired) electrons. The van der Waals surface area contributed by atoms with E-state index in [1.165, 1.54) is 7.11 Å². The molecule has 0 aromatic heterocycles. The molecule has 0 saturated heterocycles. The molecule has 22 heavy (non-hydrogen) atoms. The first kappa shape index (κ1) is 18.3. The SMILES string of the molecule is CCCC(CC)Oc1ccccc1OCCCCC(=O)OC. The third-order valence-electron chi connectivity index (χ3n) is 3.47. The van der Waals surface area contributed by atoms with Gasteiger partial charge in [0.15, 0.2) is 11.5 Å². The number of rotatable bonds is 11. The molecule has 0 amide bonds. The molecule has 124 valence electrons. The Bertz CT molecular complexity index is 431. The van der Waals surface area contributed by atoms with E-state index in [4.69, 9.17) is 9.47 Å². The van der Waals surface area contributed by atoms with Gasteiger partial charge in [-0.25, -0.2) is 0 Å². The van der Waals surface area contributed by atoms with E-state index in [-0.39, 0.29) is 12.1 Å². The molecule has 0 heterocycles. The number of carbonyl (C=O) groups excluding carboxylic acids is 1. The zero-order chi connectivity index (χ0) is 16.2. The van der Waals surface area contributed by atoms with Crippen LogP contribution in [0.5, 0.6) is 11.5 Å². The van der Waals surface area contributed by atoms with Crippen molar-refractivity contribution in [2.75, 3.05) is 13.7 Å². The van der Waals surface area contributed by atoms with Crippen molar-refractivity contribution in [3.8, 4) is 11.5 Å². The second-order valence-corrected chi connectivity index (χ2v) is 5.27. The van der Waals surface area contributed by atoms with Gasteiger partial charge in [-0.15, -0.1) is 0 Å². The molecule has 4 nitrogen and oxygen atoms in total. The minimum absolute atomic E-state index is 0.172. The van der Waals surface area contributed by atoms with E-state index in [1.807, 2.05) is 24.3 Å². The number of hydrogen-bond donors (Lipinski definition) is 0. The molecule has 1 aromatic carbocycles. The molecule has 0 spiro atoms. The van der Waals surface area contributed by atoms with E-state index < -0.39 is 0 Å². The molecule has 1 unspecified atom stereocenters. The van der Waals surface area contributed by atoms with Crippen LogP contribution in [0.15, 0.2) is 24.3 Å². The maximum absolute atomic E-state index is 11.0. The lowest BCUT2D eigenvalue weighted by atomic mass is 10.1. The maximum Gasteiger partial charge on any atom is 0.305 e. The Kier molecular flexibility index (Phi) is 9.12. The number of unbranched alkanes of at least 4 members (excludes halogenated alkanes) is 1. The van der Waals surface area contributed by atoms with Gasteiger partial charge in [0.25, 0.3) is 0 Å². The summed E-state index contributed by atoms with van der Waals surface area (Å²) < 4.78 is 16.5. The lowest BCUT2D eigenvalue weighted by molar-refractivity contribution is -0.140. The molecule has 4 heteroatoms. The Morgan fingerprint density at radius 2 is 1.86 bits per heavy atom. The number of benzene rings is 1. The highest BCUT2D eigenvalue weighted by Gasteiger charge is 2.11. The van der Waals surface area contributed by atoms with E-state index in [9.17, 15) is 4.79 Å². The van der Waals surface area contributed by atoms with Gasteiger partial charge in [-0.05, 0) is 37.8 Å². The van der Waals surface area contributed by atoms with Crippen LogP contribution in [0.3, 0.4) is 0 Å². The summed E-state index contributed by atoms with van der Waals surface area (Å²) in [5.74, 6) is 1.40. The van der Waals surface area contributed by atoms with Crippen molar-refractivity contribution in [1.29, 1.82) is 0 Å². The van der Waals surface area contributed by atoms with Crippen molar-refractivity contribution in [3.05, 3.63) is 24.3 Å². The Hall–Kier alpha value is -1.71. The predicted molar refractivity (Wildman–Crippen MR) is 87.4 cm³/mol. The number of esters is 1. The van der Waals surface area contributed by atoms with E-state index >= 15 is 0 Å². The molecule has 1 aromatic rings. The minimum Gasteiger partial charge on any atom is -0.490 e. The van der Waals surface area contributed by atoms with Crippen molar-refractivity contribution in [2.24, 2.45) is 0 Å². The Balaban J connectivity index is 2.44. The van der Waals surface area contributed by atoms with E-state index in [0.717, 1.165) is 43.6 Å². The third kappa shape index (κ3) is 6.83. The lowest BCUT2D eigenvalue weighted by Gasteiger charge is -2.19. The number of ether oxygens (including phenoxy) is 3. The molecule has 0 aliphatic heterocycles. The topological polar surface area (TPSA) is 44.8 Å². The van der Waals surface area contributed by atoms with Gasteiger partial charge in [-0.1, -0.05) is 32.4 Å². The fourth-order valence-electron chi connectivity index (χ4n) is 2.17. The van der Waals surface area contributed by atoms with Crippen LogP contribution in [0.4, 0.5) is 0 Å². The third-order valence-corrected chi connectivity index (χ3v) is 3.47. The second-order valence-electron chi connectivity index (χ2n) is 5.27. The molecule has 0 N–H and O–H groups in total. The van der Waals surface area contributed by atoms with Crippen molar-refractivity contribution in [1.82, 2.24) is 0 Å². The molecule has 1 atom stereocenters. The van der Waals surface area contributed by atoms with Crippen LogP contribution < -0.4 is 9.47 Å². The highest BCUT2D eigenvalue weighted by atomic mass is 16.5. The van der Waals surface area contributed by atoms with Crippen molar-refractivity contribution in [2.45, 2.75) is 58.5 Å². The largest absolute Gasteiger partial charge is 0.490 e. The average molecular weight is 308 g/mol. The first-order chi connectivity index (χ1) is 10.7. The molecule has 0 aliphatic rings. The number of para-hydroxylation sites is 2. The fraction of sp³-hybridized carbons (Fsp3) is 0.611. The maximum atomic E-state index is 11.0. The number of hydrogen-bond acceptors (Lipinski definition) is 4. The molecule has 0 fully saturated rings. The van der Waals surface area contributed by atoms with Gasteiger partial charge in [0.2, 0.25) is 0 Å². The van der Waals surface area contributed by atoms with E-state index in [0.29, 0.717) is 13.0 Å². The van der Waals surface area contributed by atoms with Crippen LogP contribution in [-0.4, -0.2) is 25.8 Å². The zero-order valence-corrected chi connectivity index (χ0v) is 14.0. The highest BCUT2D eigenvalue weighted by Crippen LogP contribution is 2.28. The van der Waals surface area contributed by atoms with Gasteiger partial charge >= 0.3 is 5.97 Å². The summed E-state index contributed by atoms with van der Waals surface area (Å²) in [4.78, 5) is 11.0. The number of methoxy groups -OCH3 is 1. The smallest absolute Gasteiger partial charge is 0.305 e. The fourth-order valence-corrected chi connectivity index (χ4v) is 2.17. The first-order valence-electron chi connectivity index (χ1n) is 8.16. The monoisotopic (exact) mass is 308 g/mol. The quantitative estimate of drug-likeness (QED) is 0.450. The minimum atomic E-state index is -0.172. The summed E-state index contributed by atoms with van der Waals surface area (Å²) >= 11 is 0. The van der Waals surface area contributed by atoms with Gasteiger partial charge < -0.3 is 14.2 Å². The summed E-state index contributed by atoms with van der Waals surface area (Å²) in [6, 6.07) is 7.77. The van der Waals surface area contributed by atoms with Gasteiger partial charge in [0.05, 0.1) is 19.8 Å². The van der Waals surface area contributed by atoms with Crippen molar-refractivity contribution in [3.63, 3.8) is 0 Å². The molecule has 0 saturated carbocycles. The Morgan fingerprint density at radius 3 is 2.50 bits per heavy atom. The average Bonchev–Trinajstić information content (AvgIpc) is 2.55. The van der Waals surface area contributed by atoms with Gasteiger partial charge in [0.1, 0.15) is 0 Å². The van der Waals surface area contributed by atoms with Crippen molar-refractivity contribution < 1.29 is 19.0 Å². The summed E-state index contributed by atoms with van der Waals surface area (Å²) in [5.41, 5.74) is 0. The predicted octanol–water partition coefficient (Wildman–Crippen LogP) is 4.37. The summed E-state index contributed by atoms with van der Waals surface area (Å²) in [6.45, 7) is 4.87. The van der Waals surface area contributed by atoms with Crippen LogP contribution in [0.2, 0.25) is 0 Å². The van der Waals surface area contributed by atoms with Crippen LogP contribution in [0.1, 0.15) is 52.4 Å². The zero-order valence-electron chi connectivity index (χ0n) is 14.0. The van der Waals surface area contributed by atoms with Gasteiger partial charge in [-0.2, -0.15) is 0 Å². The Labute approximate surface area is 133 Å². The van der Waals surface area contributed by atoms with Gasteiger partial charge in [-0.3, -0.25) is 4.79 Å². The van der Waals surface area contributed by atoms with Crippen LogP contribution in [-0.2, 0) is 9.53 Å².